The molecule has 0 aromatic carbocycles. The zero-order valence-electron chi connectivity index (χ0n) is 14.3. The van der Waals surface area contributed by atoms with E-state index in [1.54, 1.807) is 0 Å². The molecule has 1 saturated heterocycles. The Balaban J connectivity index is 1.73. The number of methoxy groups -OCH3 is 1. The molecule has 0 unspecified atom stereocenters. The molecule has 3 rings (SSSR count). The molecule has 0 aromatic heterocycles. The Morgan fingerprint density at radius 2 is 1.82 bits per heavy atom. The molecule has 0 radical (unpaired) electrons. The smallest absolute Gasteiger partial charge is 0.328 e. The molecule has 0 aromatic rings. The molecule has 4 nitrogen and oxygen atoms in total. The van der Waals surface area contributed by atoms with Crippen LogP contribution in [0.2, 0.25) is 0 Å². The minimum atomic E-state index is -0.358. The molecule has 2 aliphatic carbocycles. The number of esters is 1. The molecule has 0 spiro atoms. The molecule has 0 bridgehead atoms. The first-order valence-electron chi connectivity index (χ1n) is 8.78. The molecule has 1 heterocycles. The molecule has 1 aliphatic heterocycles. The van der Waals surface area contributed by atoms with E-state index >= 15 is 0 Å². The molecule has 4 atom stereocenters. The molecule has 124 valence electrons. The van der Waals surface area contributed by atoms with Crippen molar-refractivity contribution >= 4 is 11.9 Å². The SMILES string of the molecule is COC(=O)[C@@H]1[C@@H]2[C@H](CN1C(=O)[C@@H](C)C1CCCCC1)C2(C)C. The molecule has 22 heavy (non-hydrogen) atoms. The first-order chi connectivity index (χ1) is 10.4. The second-order valence-corrected chi connectivity index (χ2v) is 8.10. The summed E-state index contributed by atoms with van der Waals surface area (Å²) in [5.74, 6) is 1.20. The van der Waals surface area contributed by atoms with Gasteiger partial charge in [-0.3, -0.25) is 4.79 Å². The number of piperidine rings is 1. The zero-order chi connectivity index (χ0) is 16.1. The number of hydrogen-bond donors (Lipinski definition) is 0. The molecule has 3 fully saturated rings. The second kappa shape index (κ2) is 5.54. The number of ether oxygens (including phenoxy) is 1. The predicted molar refractivity (Wildman–Crippen MR) is 84.0 cm³/mol. The number of carbonyl (C=O) groups is 2. The van der Waals surface area contributed by atoms with Crippen molar-refractivity contribution in [3.05, 3.63) is 0 Å². The summed E-state index contributed by atoms with van der Waals surface area (Å²) < 4.78 is 5.00. The Hall–Kier alpha value is -1.06. The number of carbonyl (C=O) groups excluding carboxylic acids is 2. The molecule has 3 aliphatic rings. The number of likely N-dealkylation sites (tertiary alicyclic amines) is 1. The predicted octanol–water partition coefficient (Wildman–Crippen LogP) is 2.86. The summed E-state index contributed by atoms with van der Waals surface area (Å²) in [5.41, 5.74) is 0.170. The quantitative estimate of drug-likeness (QED) is 0.753. The summed E-state index contributed by atoms with van der Waals surface area (Å²) in [6.45, 7) is 7.18. The van der Waals surface area contributed by atoms with Gasteiger partial charge < -0.3 is 9.64 Å². The lowest BCUT2D eigenvalue weighted by molar-refractivity contribution is -0.155. The van der Waals surface area contributed by atoms with Gasteiger partial charge in [-0.2, -0.15) is 0 Å². The number of hydrogen-bond acceptors (Lipinski definition) is 3. The van der Waals surface area contributed by atoms with Crippen LogP contribution in [0, 0.1) is 29.1 Å². The maximum Gasteiger partial charge on any atom is 0.328 e. The van der Waals surface area contributed by atoms with Crippen molar-refractivity contribution in [1.29, 1.82) is 0 Å². The monoisotopic (exact) mass is 307 g/mol. The highest BCUT2D eigenvalue weighted by atomic mass is 16.5. The van der Waals surface area contributed by atoms with Crippen LogP contribution in [0.4, 0.5) is 0 Å². The van der Waals surface area contributed by atoms with E-state index in [1.165, 1.54) is 26.4 Å². The fourth-order valence-electron chi connectivity index (χ4n) is 5.00. The van der Waals surface area contributed by atoms with Crippen LogP contribution in [-0.2, 0) is 14.3 Å². The third kappa shape index (κ3) is 2.35. The topological polar surface area (TPSA) is 46.6 Å². The van der Waals surface area contributed by atoms with Gasteiger partial charge >= 0.3 is 5.97 Å². The van der Waals surface area contributed by atoms with Crippen LogP contribution >= 0.6 is 0 Å². The molecule has 4 heteroatoms. The van der Waals surface area contributed by atoms with E-state index in [-0.39, 0.29) is 35.2 Å². The second-order valence-electron chi connectivity index (χ2n) is 8.10. The van der Waals surface area contributed by atoms with Crippen LogP contribution in [0.25, 0.3) is 0 Å². The largest absolute Gasteiger partial charge is 0.467 e. The van der Waals surface area contributed by atoms with Crippen LogP contribution in [-0.4, -0.2) is 36.5 Å². The third-order valence-electron chi connectivity index (χ3n) is 6.68. The van der Waals surface area contributed by atoms with Crippen molar-refractivity contribution in [2.75, 3.05) is 13.7 Å². The van der Waals surface area contributed by atoms with Crippen molar-refractivity contribution < 1.29 is 14.3 Å². The minimum absolute atomic E-state index is 0.0352. The Labute approximate surface area is 133 Å². The average Bonchev–Trinajstić information content (AvgIpc) is 2.90. The summed E-state index contributed by atoms with van der Waals surface area (Å²) in [5, 5.41) is 0. The number of amides is 1. The van der Waals surface area contributed by atoms with Gasteiger partial charge in [0.15, 0.2) is 0 Å². The van der Waals surface area contributed by atoms with E-state index in [4.69, 9.17) is 4.74 Å². The Morgan fingerprint density at radius 3 is 2.41 bits per heavy atom. The number of nitrogens with zero attached hydrogens (tertiary/aromatic N) is 1. The van der Waals surface area contributed by atoms with Gasteiger partial charge in [-0.05, 0) is 30.1 Å². The lowest BCUT2D eigenvalue weighted by Gasteiger charge is -2.34. The number of fused-ring (bicyclic) bond motifs is 1. The fraction of sp³-hybridized carbons (Fsp3) is 0.889. The Bertz CT molecular complexity index is 467. The molecule has 1 amide bonds. The van der Waals surface area contributed by atoms with E-state index < -0.39 is 0 Å². The van der Waals surface area contributed by atoms with Crippen LogP contribution in [0.5, 0.6) is 0 Å². The van der Waals surface area contributed by atoms with E-state index in [9.17, 15) is 9.59 Å². The highest BCUT2D eigenvalue weighted by molar-refractivity contribution is 5.87. The van der Waals surface area contributed by atoms with Gasteiger partial charge in [0.2, 0.25) is 5.91 Å². The van der Waals surface area contributed by atoms with Crippen molar-refractivity contribution in [1.82, 2.24) is 4.90 Å². The first-order valence-corrected chi connectivity index (χ1v) is 8.78. The number of rotatable bonds is 3. The van der Waals surface area contributed by atoms with E-state index in [2.05, 4.69) is 20.8 Å². The fourth-order valence-corrected chi connectivity index (χ4v) is 5.00. The minimum Gasteiger partial charge on any atom is -0.467 e. The van der Waals surface area contributed by atoms with Gasteiger partial charge in [-0.1, -0.05) is 40.0 Å². The normalized spacial score (nSPS) is 34.9. The lowest BCUT2D eigenvalue weighted by Crippen LogP contribution is -2.48. The van der Waals surface area contributed by atoms with Crippen LogP contribution in [0.3, 0.4) is 0 Å². The van der Waals surface area contributed by atoms with Gasteiger partial charge in [-0.15, -0.1) is 0 Å². The van der Waals surface area contributed by atoms with Crippen molar-refractivity contribution in [2.24, 2.45) is 29.1 Å². The maximum atomic E-state index is 13.0. The lowest BCUT2D eigenvalue weighted by atomic mass is 9.80. The Morgan fingerprint density at radius 1 is 1.18 bits per heavy atom. The molecular weight excluding hydrogens is 278 g/mol. The van der Waals surface area contributed by atoms with E-state index in [0.717, 1.165) is 19.4 Å². The highest BCUT2D eigenvalue weighted by Crippen LogP contribution is 2.65. The van der Waals surface area contributed by atoms with Crippen LogP contribution in [0.1, 0.15) is 52.9 Å². The summed E-state index contributed by atoms with van der Waals surface area (Å²) in [6.07, 6.45) is 6.08. The van der Waals surface area contributed by atoms with E-state index in [1.807, 2.05) is 4.90 Å². The van der Waals surface area contributed by atoms with Crippen LogP contribution < -0.4 is 0 Å². The average molecular weight is 307 g/mol. The van der Waals surface area contributed by atoms with Crippen LogP contribution in [0.15, 0.2) is 0 Å². The van der Waals surface area contributed by atoms with Gasteiger partial charge in [0.05, 0.1) is 7.11 Å². The molecule has 2 saturated carbocycles. The summed E-state index contributed by atoms with van der Waals surface area (Å²) in [4.78, 5) is 27.0. The molecular formula is C18H29NO3. The van der Waals surface area contributed by atoms with Gasteiger partial charge in [0.1, 0.15) is 6.04 Å². The van der Waals surface area contributed by atoms with Crippen molar-refractivity contribution in [3.8, 4) is 0 Å². The van der Waals surface area contributed by atoms with Gasteiger partial charge in [-0.25, -0.2) is 4.79 Å². The summed E-state index contributed by atoms with van der Waals surface area (Å²) in [7, 11) is 1.43. The van der Waals surface area contributed by atoms with Gasteiger partial charge in [0, 0.05) is 18.4 Å². The highest BCUT2D eigenvalue weighted by Gasteiger charge is 2.69. The molecule has 0 N–H and O–H groups in total. The summed E-state index contributed by atoms with van der Waals surface area (Å²) in [6, 6.07) is -0.358. The standard InChI is InChI=1S/C18H29NO3/c1-11(12-8-6-5-7-9-12)16(20)19-10-13-14(18(13,2)3)15(19)17(21)22-4/h11-15H,5-10H2,1-4H3/t11-,13-,14-,15-/m0/s1. The van der Waals surface area contributed by atoms with E-state index in [0.29, 0.717) is 11.8 Å². The zero-order valence-corrected chi connectivity index (χ0v) is 14.3. The third-order valence-corrected chi connectivity index (χ3v) is 6.68. The van der Waals surface area contributed by atoms with Gasteiger partial charge in [0.25, 0.3) is 0 Å². The van der Waals surface area contributed by atoms with Crippen molar-refractivity contribution in [3.63, 3.8) is 0 Å². The first kappa shape index (κ1) is 15.8. The Kier molecular flexibility index (Phi) is 3.98. The summed E-state index contributed by atoms with van der Waals surface area (Å²) >= 11 is 0. The van der Waals surface area contributed by atoms with Crippen molar-refractivity contribution in [2.45, 2.75) is 58.9 Å². The maximum absolute atomic E-state index is 13.0.